The Bertz CT molecular complexity index is 562. The van der Waals surface area contributed by atoms with Gasteiger partial charge in [-0.1, -0.05) is 0 Å². The highest BCUT2D eigenvalue weighted by molar-refractivity contribution is 9.10. The quantitative estimate of drug-likeness (QED) is 0.818. The standard InChI is InChI=1S/C9H11BrN2O5S/c10-8-7(18(11,14)15)3-6(17-8)9(13)12-5-1-2-16-4-5/h3,5H,1-2,4H2,(H,12,13)(H2,11,14,15). The molecule has 100 valence electrons. The first-order chi connectivity index (χ1) is 8.38. The van der Waals surface area contributed by atoms with Gasteiger partial charge in [-0.05, 0) is 22.4 Å². The molecule has 18 heavy (non-hydrogen) atoms. The Kier molecular flexibility index (Phi) is 3.76. The van der Waals surface area contributed by atoms with Crippen molar-refractivity contribution in [2.75, 3.05) is 13.2 Å². The first kappa shape index (κ1) is 13.5. The fourth-order valence-corrected chi connectivity index (χ4v) is 3.07. The molecule has 1 aromatic rings. The van der Waals surface area contributed by atoms with Gasteiger partial charge in [0.15, 0.2) is 10.4 Å². The Labute approximate surface area is 112 Å². The molecule has 0 aliphatic carbocycles. The monoisotopic (exact) mass is 338 g/mol. The lowest BCUT2D eigenvalue weighted by Gasteiger charge is -2.08. The summed E-state index contributed by atoms with van der Waals surface area (Å²) in [5.74, 6) is -0.612. The number of hydrogen-bond donors (Lipinski definition) is 2. The van der Waals surface area contributed by atoms with E-state index in [2.05, 4.69) is 21.2 Å². The van der Waals surface area contributed by atoms with Crippen molar-refractivity contribution in [3.8, 4) is 0 Å². The van der Waals surface area contributed by atoms with E-state index in [-0.39, 0.29) is 21.4 Å². The van der Waals surface area contributed by atoms with Gasteiger partial charge in [0.2, 0.25) is 10.0 Å². The molecule has 7 nitrogen and oxygen atoms in total. The molecule has 3 N–H and O–H groups in total. The maximum atomic E-state index is 11.8. The summed E-state index contributed by atoms with van der Waals surface area (Å²) >= 11 is 2.90. The normalized spacial score (nSPS) is 20.0. The molecular weight excluding hydrogens is 328 g/mol. The van der Waals surface area contributed by atoms with Gasteiger partial charge in [0.1, 0.15) is 4.90 Å². The van der Waals surface area contributed by atoms with Crippen molar-refractivity contribution in [1.82, 2.24) is 5.32 Å². The molecule has 9 heteroatoms. The average Bonchev–Trinajstić information content (AvgIpc) is 2.85. The van der Waals surface area contributed by atoms with Crippen LogP contribution in [0.15, 0.2) is 20.0 Å². The zero-order chi connectivity index (χ0) is 13.3. The summed E-state index contributed by atoms with van der Waals surface area (Å²) in [5.41, 5.74) is 0. The summed E-state index contributed by atoms with van der Waals surface area (Å²) in [4.78, 5) is 11.5. The molecule has 1 saturated heterocycles. The van der Waals surface area contributed by atoms with E-state index in [1.807, 2.05) is 0 Å². The summed E-state index contributed by atoms with van der Waals surface area (Å²) < 4.78 is 32.4. The number of nitrogens with one attached hydrogen (secondary N) is 1. The largest absolute Gasteiger partial charge is 0.443 e. The maximum absolute atomic E-state index is 11.8. The molecular formula is C9H11BrN2O5S. The minimum atomic E-state index is -3.92. The highest BCUT2D eigenvalue weighted by Crippen LogP contribution is 2.25. The average molecular weight is 339 g/mol. The Morgan fingerprint density at radius 1 is 1.56 bits per heavy atom. The van der Waals surface area contributed by atoms with E-state index in [1.54, 1.807) is 0 Å². The summed E-state index contributed by atoms with van der Waals surface area (Å²) in [7, 11) is -3.92. The molecule has 1 amide bonds. The molecule has 1 unspecified atom stereocenters. The molecule has 1 aliphatic rings. The number of carbonyl (C=O) groups excluding carboxylic acids is 1. The topological polar surface area (TPSA) is 112 Å². The Hall–Kier alpha value is -0.900. The van der Waals surface area contributed by atoms with Gasteiger partial charge in [-0.15, -0.1) is 0 Å². The summed E-state index contributed by atoms with van der Waals surface area (Å²) in [5, 5.41) is 7.64. The first-order valence-corrected chi connectivity index (χ1v) is 7.42. The van der Waals surface area contributed by atoms with E-state index in [1.165, 1.54) is 0 Å². The van der Waals surface area contributed by atoms with Crippen LogP contribution >= 0.6 is 15.9 Å². The Morgan fingerprint density at radius 2 is 2.28 bits per heavy atom. The van der Waals surface area contributed by atoms with Crippen LogP contribution in [-0.4, -0.2) is 33.6 Å². The number of nitrogens with two attached hydrogens (primary N) is 1. The van der Waals surface area contributed by atoms with Gasteiger partial charge in [0.05, 0.1) is 12.6 Å². The van der Waals surface area contributed by atoms with Crippen molar-refractivity contribution in [1.29, 1.82) is 0 Å². The number of carbonyl (C=O) groups is 1. The third-order valence-electron chi connectivity index (χ3n) is 2.45. The van der Waals surface area contributed by atoms with E-state index in [4.69, 9.17) is 14.3 Å². The molecule has 0 spiro atoms. The maximum Gasteiger partial charge on any atom is 0.287 e. The summed E-state index contributed by atoms with van der Waals surface area (Å²) in [6.45, 7) is 1.03. The van der Waals surface area contributed by atoms with Gasteiger partial charge in [0, 0.05) is 12.7 Å². The smallest absolute Gasteiger partial charge is 0.287 e. The minimum Gasteiger partial charge on any atom is -0.443 e. The van der Waals surface area contributed by atoms with Gasteiger partial charge >= 0.3 is 0 Å². The van der Waals surface area contributed by atoms with Crippen LogP contribution in [0.25, 0.3) is 0 Å². The lowest BCUT2D eigenvalue weighted by atomic mass is 10.2. The van der Waals surface area contributed by atoms with Crippen LogP contribution in [0, 0.1) is 0 Å². The predicted octanol–water partition coefficient (Wildman–Crippen LogP) is 0.208. The molecule has 0 radical (unpaired) electrons. The molecule has 1 fully saturated rings. The number of sulfonamides is 1. The third kappa shape index (κ3) is 2.91. The molecule has 0 bridgehead atoms. The van der Waals surface area contributed by atoms with Crippen molar-refractivity contribution in [3.05, 3.63) is 16.5 Å². The van der Waals surface area contributed by atoms with Gasteiger partial charge in [-0.2, -0.15) is 0 Å². The SMILES string of the molecule is NS(=O)(=O)c1cc(C(=O)NC2CCOC2)oc1Br. The lowest BCUT2D eigenvalue weighted by molar-refractivity contribution is 0.0900. The van der Waals surface area contributed by atoms with Gasteiger partial charge in [0.25, 0.3) is 5.91 Å². The molecule has 0 aromatic carbocycles. The van der Waals surface area contributed by atoms with Gasteiger partial charge in [-0.25, -0.2) is 13.6 Å². The van der Waals surface area contributed by atoms with Crippen LogP contribution in [0.5, 0.6) is 0 Å². The second-order valence-corrected chi connectivity index (χ2v) is 6.08. The minimum absolute atomic E-state index is 0.0840. The van der Waals surface area contributed by atoms with E-state index >= 15 is 0 Å². The number of halogens is 1. The Morgan fingerprint density at radius 3 is 2.78 bits per heavy atom. The third-order valence-corrected chi connectivity index (χ3v) is 4.22. The predicted molar refractivity (Wildman–Crippen MR) is 64.5 cm³/mol. The summed E-state index contributed by atoms with van der Waals surface area (Å²) in [6.07, 6.45) is 0.718. The number of rotatable bonds is 3. The second kappa shape index (κ2) is 5.00. The van der Waals surface area contributed by atoms with Crippen LogP contribution < -0.4 is 10.5 Å². The van der Waals surface area contributed by atoms with Crippen LogP contribution in [0.1, 0.15) is 17.0 Å². The van der Waals surface area contributed by atoms with E-state index in [9.17, 15) is 13.2 Å². The van der Waals surface area contributed by atoms with Crippen molar-refractivity contribution >= 4 is 31.9 Å². The molecule has 0 saturated carbocycles. The van der Waals surface area contributed by atoms with Crippen molar-refractivity contribution in [2.24, 2.45) is 5.14 Å². The number of primary sulfonamides is 1. The molecule has 2 heterocycles. The van der Waals surface area contributed by atoms with Crippen molar-refractivity contribution < 1.29 is 22.4 Å². The molecule has 1 aliphatic heterocycles. The van der Waals surface area contributed by atoms with E-state index in [0.717, 1.165) is 12.5 Å². The number of ether oxygens (including phenoxy) is 1. The van der Waals surface area contributed by atoms with Crippen LogP contribution in [-0.2, 0) is 14.8 Å². The zero-order valence-corrected chi connectivity index (χ0v) is 11.6. The van der Waals surface area contributed by atoms with Gasteiger partial charge < -0.3 is 14.5 Å². The van der Waals surface area contributed by atoms with Crippen LogP contribution in [0.3, 0.4) is 0 Å². The lowest BCUT2D eigenvalue weighted by Crippen LogP contribution is -2.34. The molecule has 1 aromatic heterocycles. The van der Waals surface area contributed by atoms with E-state index in [0.29, 0.717) is 13.2 Å². The second-order valence-electron chi connectivity index (χ2n) is 3.83. The Balaban J connectivity index is 2.16. The highest BCUT2D eigenvalue weighted by Gasteiger charge is 2.24. The fourth-order valence-electron chi connectivity index (χ4n) is 1.56. The number of furan rings is 1. The first-order valence-electron chi connectivity index (χ1n) is 5.08. The molecule has 1 atom stereocenters. The van der Waals surface area contributed by atoms with Crippen LogP contribution in [0.4, 0.5) is 0 Å². The van der Waals surface area contributed by atoms with Crippen molar-refractivity contribution in [2.45, 2.75) is 17.4 Å². The van der Waals surface area contributed by atoms with Gasteiger partial charge in [-0.3, -0.25) is 4.79 Å². The number of hydrogen-bond acceptors (Lipinski definition) is 5. The highest BCUT2D eigenvalue weighted by atomic mass is 79.9. The summed E-state index contributed by atoms with van der Waals surface area (Å²) in [6, 6.07) is 1.00. The fraction of sp³-hybridized carbons (Fsp3) is 0.444. The zero-order valence-electron chi connectivity index (χ0n) is 9.18. The van der Waals surface area contributed by atoms with E-state index < -0.39 is 15.9 Å². The van der Waals surface area contributed by atoms with Crippen LogP contribution in [0.2, 0.25) is 0 Å². The number of amides is 1. The van der Waals surface area contributed by atoms with Crippen molar-refractivity contribution in [3.63, 3.8) is 0 Å². The molecule has 2 rings (SSSR count).